The van der Waals surface area contributed by atoms with Gasteiger partial charge < -0.3 is 11.1 Å². The summed E-state index contributed by atoms with van der Waals surface area (Å²) in [6.45, 7) is 8.91. The molecule has 1 saturated carbocycles. The van der Waals surface area contributed by atoms with Crippen LogP contribution in [0.25, 0.3) is 0 Å². The maximum atomic E-state index is 6.04. The Morgan fingerprint density at radius 2 is 1.93 bits per heavy atom. The highest BCUT2D eigenvalue weighted by Crippen LogP contribution is 2.35. The Kier molecular flexibility index (Phi) is 4.90. The Labute approximate surface area is 88.6 Å². The van der Waals surface area contributed by atoms with Crippen LogP contribution in [0, 0.1) is 17.8 Å². The third-order valence-electron chi connectivity index (χ3n) is 3.65. The van der Waals surface area contributed by atoms with Gasteiger partial charge in [0.2, 0.25) is 0 Å². The molecule has 3 N–H and O–H groups in total. The molecule has 0 aromatic rings. The molecule has 0 radical (unpaired) electrons. The van der Waals surface area contributed by atoms with Gasteiger partial charge in [0.05, 0.1) is 0 Å². The van der Waals surface area contributed by atoms with Crippen molar-refractivity contribution in [2.24, 2.45) is 23.5 Å². The molecule has 0 heterocycles. The molecule has 3 unspecified atom stereocenters. The van der Waals surface area contributed by atoms with E-state index < -0.39 is 0 Å². The molecule has 0 amide bonds. The summed E-state index contributed by atoms with van der Waals surface area (Å²) in [5.74, 6) is 2.49. The molecule has 14 heavy (non-hydrogen) atoms. The van der Waals surface area contributed by atoms with E-state index in [9.17, 15) is 0 Å². The summed E-state index contributed by atoms with van der Waals surface area (Å²) in [4.78, 5) is 0. The summed E-state index contributed by atoms with van der Waals surface area (Å²) in [6.07, 6.45) is 4.07. The van der Waals surface area contributed by atoms with Crippen LogP contribution in [0.1, 0.15) is 40.0 Å². The first-order chi connectivity index (χ1) is 6.65. The third kappa shape index (κ3) is 3.97. The Morgan fingerprint density at radius 3 is 2.43 bits per heavy atom. The number of nitrogens with two attached hydrogens (primary N) is 1. The van der Waals surface area contributed by atoms with Crippen LogP contribution in [0.15, 0.2) is 0 Å². The van der Waals surface area contributed by atoms with Crippen molar-refractivity contribution in [3.8, 4) is 0 Å². The van der Waals surface area contributed by atoms with E-state index in [2.05, 4.69) is 26.1 Å². The lowest BCUT2D eigenvalue weighted by molar-refractivity contribution is 0.391. The van der Waals surface area contributed by atoms with Gasteiger partial charge in [-0.25, -0.2) is 0 Å². The fourth-order valence-electron chi connectivity index (χ4n) is 1.81. The second kappa shape index (κ2) is 5.72. The minimum absolute atomic E-state index is 0.325. The SMILES string of the molecule is CCC(C)C(N)CNCC(C)C1CC1. The molecule has 0 saturated heterocycles. The van der Waals surface area contributed by atoms with Crippen molar-refractivity contribution in [1.29, 1.82) is 0 Å². The van der Waals surface area contributed by atoms with Crippen molar-refractivity contribution in [2.45, 2.75) is 46.1 Å². The number of hydrogen-bond donors (Lipinski definition) is 2. The average molecular weight is 198 g/mol. The molecule has 0 bridgehead atoms. The van der Waals surface area contributed by atoms with Crippen LogP contribution in [0.4, 0.5) is 0 Å². The molecule has 0 aromatic heterocycles. The van der Waals surface area contributed by atoms with E-state index in [0.29, 0.717) is 12.0 Å². The first-order valence-corrected chi connectivity index (χ1v) is 6.11. The van der Waals surface area contributed by atoms with Crippen molar-refractivity contribution in [3.05, 3.63) is 0 Å². The van der Waals surface area contributed by atoms with Gasteiger partial charge in [0, 0.05) is 12.6 Å². The molecule has 1 fully saturated rings. The molecular formula is C12H26N2. The van der Waals surface area contributed by atoms with Crippen LogP contribution < -0.4 is 11.1 Å². The van der Waals surface area contributed by atoms with Crippen LogP contribution in [-0.2, 0) is 0 Å². The first-order valence-electron chi connectivity index (χ1n) is 6.11. The highest BCUT2D eigenvalue weighted by Gasteiger charge is 2.27. The lowest BCUT2D eigenvalue weighted by Crippen LogP contribution is -2.40. The number of hydrogen-bond acceptors (Lipinski definition) is 2. The number of rotatable bonds is 7. The minimum Gasteiger partial charge on any atom is -0.326 e. The quantitative estimate of drug-likeness (QED) is 0.656. The van der Waals surface area contributed by atoms with Crippen LogP contribution >= 0.6 is 0 Å². The molecule has 2 heteroatoms. The van der Waals surface area contributed by atoms with Crippen LogP contribution in [0.2, 0.25) is 0 Å². The molecule has 2 nitrogen and oxygen atoms in total. The Balaban J connectivity index is 2.01. The van der Waals surface area contributed by atoms with Gasteiger partial charge in [-0.15, -0.1) is 0 Å². The molecular weight excluding hydrogens is 172 g/mol. The van der Waals surface area contributed by atoms with E-state index in [1.807, 2.05) is 0 Å². The van der Waals surface area contributed by atoms with E-state index in [4.69, 9.17) is 5.73 Å². The molecule has 1 aliphatic rings. The van der Waals surface area contributed by atoms with Crippen molar-refractivity contribution in [1.82, 2.24) is 5.32 Å². The largest absolute Gasteiger partial charge is 0.326 e. The smallest absolute Gasteiger partial charge is 0.0191 e. The van der Waals surface area contributed by atoms with Gasteiger partial charge in [0.15, 0.2) is 0 Å². The molecule has 1 rings (SSSR count). The van der Waals surface area contributed by atoms with Crippen LogP contribution in [-0.4, -0.2) is 19.1 Å². The molecule has 0 spiro atoms. The average Bonchev–Trinajstić information content (AvgIpc) is 2.99. The fraction of sp³-hybridized carbons (Fsp3) is 1.00. The third-order valence-corrected chi connectivity index (χ3v) is 3.65. The molecule has 3 atom stereocenters. The summed E-state index contributed by atoms with van der Waals surface area (Å²) in [6, 6.07) is 0.325. The van der Waals surface area contributed by atoms with Gasteiger partial charge in [-0.1, -0.05) is 27.2 Å². The lowest BCUT2D eigenvalue weighted by atomic mass is 10.00. The molecule has 84 valence electrons. The summed E-state index contributed by atoms with van der Waals surface area (Å²) in [7, 11) is 0. The van der Waals surface area contributed by atoms with E-state index in [1.165, 1.54) is 19.3 Å². The second-order valence-electron chi connectivity index (χ2n) is 5.02. The van der Waals surface area contributed by atoms with Gasteiger partial charge in [-0.05, 0) is 37.1 Å². The van der Waals surface area contributed by atoms with E-state index >= 15 is 0 Å². The topological polar surface area (TPSA) is 38.0 Å². The van der Waals surface area contributed by atoms with Gasteiger partial charge in [-0.2, -0.15) is 0 Å². The van der Waals surface area contributed by atoms with Gasteiger partial charge in [0.25, 0.3) is 0 Å². The Hall–Kier alpha value is -0.0800. The zero-order chi connectivity index (χ0) is 10.6. The van der Waals surface area contributed by atoms with Crippen LogP contribution in [0.3, 0.4) is 0 Å². The zero-order valence-corrected chi connectivity index (χ0v) is 9.92. The monoisotopic (exact) mass is 198 g/mol. The van der Waals surface area contributed by atoms with Gasteiger partial charge in [-0.3, -0.25) is 0 Å². The summed E-state index contributed by atoms with van der Waals surface area (Å²) in [5.41, 5.74) is 6.04. The highest BCUT2D eigenvalue weighted by molar-refractivity contribution is 4.80. The highest BCUT2D eigenvalue weighted by atomic mass is 14.9. The number of nitrogens with one attached hydrogen (secondary N) is 1. The van der Waals surface area contributed by atoms with E-state index in [1.54, 1.807) is 0 Å². The first kappa shape index (κ1) is 12.0. The maximum absolute atomic E-state index is 6.04. The fourth-order valence-corrected chi connectivity index (χ4v) is 1.81. The Bertz CT molecular complexity index is 154. The summed E-state index contributed by atoms with van der Waals surface area (Å²) < 4.78 is 0. The van der Waals surface area contributed by atoms with E-state index in [0.717, 1.165) is 24.9 Å². The van der Waals surface area contributed by atoms with Crippen molar-refractivity contribution >= 4 is 0 Å². The van der Waals surface area contributed by atoms with Crippen molar-refractivity contribution < 1.29 is 0 Å². The summed E-state index contributed by atoms with van der Waals surface area (Å²) >= 11 is 0. The molecule has 0 aliphatic heterocycles. The van der Waals surface area contributed by atoms with Gasteiger partial charge >= 0.3 is 0 Å². The standard InChI is InChI=1S/C12H26N2/c1-4-9(2)12(13)8-14-7-10(3)11-5-6-11/h9-12,14H,4-8,13H2,1-3H3. The predicted molar refractivity (Wildman–Crippen MR) is 62.2 cm³/mol. The van der Waals surface area contributed by atoms with Crippen molar-refractivity contribution in [2.75, 3.05) is 13.1 Å². The zero-order valence-electron chi connectivity index (χ0n) is 9.92. The summed E-state index contributed by atoms with van der Waals surface area (Å²) in [5, 5.41) is 3.50. The second-order valence-corrected chi connectivity index (χ2v) is 5.02. The molecule has 1 aliphatic carbocycles. The normalized spacial score (nSPS) is 23.1. The van der Waals surface area contributed by atoms with Gasteiger partial charge in [0.1, 0.15) is 0 Å². The molecule has 0 aromatic carbocycles. The predicted octanol–water partition coefficient (Wildman–Crippen LogP) is 2.00. The Morgan fingerprint density at radius 1 is 1.29 bits per heavy atom. The van der Waals surface area contributed by atoms with Crippen molar-refractivity contribution in [3.63, 3.8) is 0 Å². The minimum atomic E-state index is 0.325. The maximum Gasteiger partial charge on any atom is 0.0191 e. The van der Waals surface area contributed by atoms with Crippen LogP contribution in [0.5, 0.6) is 0 Å². The lowest BCUT2D eigenvalue weighted by Gasteiger charge is -2.20. The van der Waals surface area contributed by atoms with E-state index in [-0.39, 0.29) is 0 Å².